The third-order valence-corrected chi connectivity index (χ3v) is 8.35. The molecule has 8 nitrogen and oxygen atoms in total. The highest BCUT2D eigenvalue weighted by molar-refractivity contribution is 9.10. The summed E-state index contributed by atoms with van der Waals surface area (Å²) >= 11 is 6.79. The largest absolute Gasteiger partial charge is 0.485 e. The number of ketones is 1. The molecule has 0 saturated carbocycles. The van der Waals surface area contributed by atoms with Crippen molar-refractivity contribution in [3.05, 3.63) is 123 Å². The Bertz CT molecular complexity index is 1770. The summed E-state index contributed by atoms with van der Waals surface area (Å²) in [6.45, 7) is 9.82. The lowest BCUT2D eigenvalue weighted by molar-refractivity contribution is 0.0850. The van der Waals surface area contributed by atoms with Crippen molar-refractivity contribution in [3.63, 3.8) is 0 Å². The maximum absolute atomic E-state index is 12.1. The van der Waals surface area contributed by atoms with Crippen molar-refractivity contribution in [1.29, 1.82) is 5.26 Å². The number of aliphatic imine (C=N–C) groups is 1. The van der Waals surface area contributed by atoms with Crippen molar-refractivity contribution >= 4 is 57.5 Å². The van der Waals surface area contributed by atoms with Crippen LogP contribution in [0.25, 0.3) is 0 Å². The number of Topliss-reactive ketones (excluding diaryl/α,β-unsaturated/α-hetero) is 1. The first-order valence-electron chi connectivity index (χ1n) is 14.0. The molecule has 45 heavy (non-hydrogen) atoms. The molecule has 2 aliphatic heterocycles. The molecule has 0 N–H and O–H groups in total. The van der Waals surface area contributed by atoms with Gasteiger partial charge in [0.2, 0.25) is 6.19 Å². The van der Waals surface area contributed by atoms with E-state index in [-0.39, 0.29) is 18.0 Å². The van der Waals surface area contributed by atoms with Crippen LogP contribution in [0, 0.1) is 11.5 Å². The Balaban J connectivity index is 0.000000171. The molecule has 228 valence electrons. The SMILES string of the molecule is C=C=N[Si](C)(C)C.N#CN=C1CC(c2ccncc2)Oc2ccc(Br)cc21.O=C1CC(c2ccncc2)Oc2ccc(Br)cc21. The van der Waals surface area contributed by atoms with Gasteiger partial charge in [0.05, 0.1) is 17.7 Å². The number of rotatable bonds is 3. The number of pyridine rings is 2. The van der Waals surface area contributed by atoms with Gasteiger partial charge in [-0.3, -0.25) is 19.4 Å². The zero-order valence-electron chi connectivity index (χ0n) is 25.1. The first-order chi connectivity index (χ1) is 21.6. The number of hydrogen-bond donors (Lipinski definition) is 0. The molecule has 11 heteroatoms. The van der Waals surface area contributed by atoms with E-state index in [1.54, 1.807) is 30.9 Å². The Morgan fingerprint density at radius 2 is 1.31 bits per heavy atom. The fourth-order valence-corrected chi connectivity index (χ4v) is 5.74. The minimum Gasteiger partial charge on any atom is -0.485 e. The van der Waals surface area contributed by atoms with E-state index in [0.717, 1.165) is 37.1 Å². The van der Waals surface area contributed by atoms with Gasteiger partial charge in [0.15, 0.2) is 14.0 Å². The van der Waals surface area contributed by atoms with Gasteiger partial charge < -0.3 is 9.47 Å². The van der Waals surface area contributed by atoms with Gasteiger partial charge in [-0.2, -0.15) is 10.3 Å². The molecular formula is C34H31Br2N5O3Si. The van der Waals surface area contributed by atoms with Gasteiger partial charge in [0, 0.05) is 45.7 Å². The number of aromatic nitrogens is 2. The topological polar surface area (TPSA) is 110 Å². The molecule has 2 aliphatic rings. The van der Waals surface area contributed by atoms with E-state index in [2.05, 4.69) is 83.6 Å². The Kier molecular flexibility index (Phi) is 11.7. The molecule has 4 aromatic rings. The van der Waals surface area contributed by atoms with Crippen LogP contribution in [-0.4, -0.2) is 35.6 Å². The molecule has 2 aromatic carbocycles. The molecule has 0 bridgehead atoms. The van der Waals surface area contributed by atoms with Crippen LogP contribution in [0.3, 0.4) is 0 Å². The minimum absolute atomic E-state index is 0.111. The first kappa shape index (κ1) is 33.7. The quantitative estimate of drug-likeness (QED) is 0.118. The number of hydrogen-bond acceptors (Lipinski definition) is 8. The minimum atomic E-state index is -1.21. The third kappa shape index (κ3) is 9.64. The summed E-state index contributed by atoms with van der Waals surface area (Å²) in [7, 11) is -1.21. The van der Waals surface area contributed by atoms with Gasteiger partial charge in [-0.1, -0.05) is 31.9 Å². The van der Waals surface area contributed by atoms with Crippen molar-refractivity contribution < 1.29 is 14.3 Å². The Morgan fingerprint density at radius 3 is 1.78 bits per heavy atom. The smallest absolute Gasteiger partial charge is 0.205 e. The molecular weight excluding hydrogens is 714 g/mol. The highest BCUT2D eigenvalue weighted by Crippen LogP contribution is 2.37. The van der Waals surface area contributed by atoms with Crippen LogP contribution in [0.2, 0.25) is 19.6 Å². The van der Waals surface area contributed by atoms with E-state index in [9.17, 15) is 4.79 Å². The average molecular weight is 746 g/mol. The molecule has 0 spiro atoms. The van der Waals surface area contributed by atoms with Crippen LogP contribution in [0.4, 0.5) is 0 Å². The lowest BCUT2D eigenvalue weighted by atomic mass is 9.96. The second-order valence-corrected chi connectivity index (χ2v) is 17.4. The van der Waals surface area contributed by atoms with E-state index in [4.69, 9.17) is 14.7 Å². The van der Waals surface area contributed by atoms with Crippen molar-refractivity contribution in [2.75, 3.05) is 0 Å². The first-order valence-corrected chi connectivity index (χ1v) is 19.1. The summed E-state index contributed by atoms with van der Waals surface area (Å²) in [5, 5.41) is 8.87. The van der Waals surface area contributed by atoms with Crippen molar-refractivity contribution in [1.82, 2.24) is 9.97 Å². The molecule has 6 rings (SSSR count). The fraction of sp³-hybridized carbons (Fsp3) is 0.206. The maximum Gasteiger partial charge on any atom is 0.205 e. The highest BCUT2D eigenvalue weighted by Gasteiger charge is 2.28. The molecule has 2 atom stereocenters. The number of halogens is 2. The van der Waals surface area contributed by atoms with E-state index in [1.807, 2.05) is 60.8 Å². The summed E-state index contributed by atoms with van der Waals surface area (Å²) in [6.07, 6.45) is 9.34. The standard InChI is InChI=1S/C15H10BrN3O.C14H10BrNO2.C5H11NSi/c16-11-1-2-14-12(7-11)13(19-9-17)8-15(20-14)10-3-5-18-6-4-10;15-10-1-2-13-11(7-10)12(17)8-14(18-13)9-3-5-16-6-4-9;1-5-6-7(2,3)4/h1-7,15H,8H2;1-7,14H,8H2;1H2,2-4H3. The van der Waals surface area contributed by atoms with E-state index < -0.39 is 8.24 Å². The zero-order valence-corrected chi connectivity index (χ0v) is 29.2. The summed E-state index contributed by atoms with van der Waals surface area (Å²) in [4.78, 5) is 24.0. The summed E-state index contributed by atoms with van der Waals surface area (Å²) in [5.74, 6) is 4.05. The lowest BCUT2D eigenvalue weighted by Crippen LogP contribution is -2.21. The lowest BCUT2D eigenvalue weighted by Gasteiger charge is -2.27. The maximum atomic E-state index is 12.1. The third-order valence-electron chi connectivity index (χ3n) is 6.54. The highest BCUT2D eigenvalue weighted by atomic mass is 79.9. The van der Waals surface area contributed by atoms with Gasteiger partial charge in [0.25, 0.3) is 0 Å². The van der Waals surface area contributed by atoms with Crippen LogP contribution < -0.4 is 9.47 Å². The molecule has 0 saturated heterocycles. The van der Waals surface area contributed by atoms with Crippen LogP contribution >= 0.6 is 31.9 Å². The Morgan fingerprint density at radius 1 is 0.822 bits per heavy atom. The number of nitrogens with zero attached hydrogens (tertiary/aromatic N) is 5. The molecule has 0 fully saturated rings. The monoisotopic (exact) mass is 743 g/mol. The van der Waals surface area contributed by atoms with Crippen molar-refractivity contribution in [2.45, 2.75) is 44.7 Å². The molecule has 2 aromatic heterocycles. The zero-order chi connectivity index (χ0) is 32.4. The van der Waals surface area contributed by atoms with Crippen LogP contribution in [0.1, 0.15) is 52.1 Å². The second-order valence-electron chi connectivity index (χ2n) is 11.0. The van der Waals surface area contributed by atoms with E-state index >= 15 is 0 Å². The molecule has 2 unspecified atom stereocenters. The number of ether oxygens (including phenoxy) is 2. The number of carbonyl (C=O) groups excluding carboxylic acids is 1. The normalized spacial score (nSPS) is 17.2. The average Bonchev–Trinajstić information content (AvgIpc) is 3.02. The molecule has 0 amide bonds. The van der Waals surface area contributed by atoms with Gasteiger partial charge in [-0.05, 0) is 104 Å². The van der Waals surface area contributed by atoms with Gasteiger partial charge in [0.1, 0.15) is 23.7 Å². The van der Waals surface area contributed by atoms with Crippen LogP contribution in [-0.2, 0) is 0 Å². The van der Waals surface area contributed by atoms with Crippen molar-refractivity contribution in [2.24, 2.45) is 9.65 Å². The number of benzene rings is 2. The van der Waals surface area contributed by atoms with Crippen LogP contribution in [0.15, 0.2) is 111 Å². The summed E-state index contributed by atoms with van der Waals surface area (Å²) in [6, 6.07) is 18.8. The molecule has 0 aliphatic carbocycles. The fourth-order valence-electron chi connectivity index (χ4n) is 4.54. The van der Waals surface area contributed by atoms with E-state index in [0.29, 0.717) is 24.2 Å². The number of fused-ring (bicyclic) bond motifs is 2. The van der Waals surface area contributed by atoms with Crippen LogP contribution in [0.5, 0.6) is 11.5 Å². The van der Waals surface area contributed by atoms with Gasteiger partial charge in [-0.15, -0.1) is 0 Å². The van der Waals surface area contributed by atoms with E-state index in [1.165, 1.54) is 0 Å². The predicted octanol–water partition coefficient (Wildman–Crippen LogP) is 8.87. The summed E-state index contributed by atoms with van der Waals surface area (Å²) in [5.41, 5.74) is 4.27. The van der Waals surface area contributed by atoms with Gasteiger partial charge in [-0.25, -0.2) is 0 Å². The summed E-state index contributed by atoms with van der Waals surface area (Å²) < 4.78 is 17.7. The van der Waals surface area contributed by atoms with Gasteiger partial charge >= 0.3 is 0 Å². The Labute approximate surface area is 280 Å². The number of nitriles is 1. The van der Waals surface area contributed by atoms with Crippen molar-refractivity contribution in [3.8, 4) is 17.7 Å². The Hall–Kier alpha value is -4.20. The molecule has 4 heterocycles. The predicted molar refractivity (Wildman–Crippen MR) is 186 cm³/mol. The number of carbonyl (C=O) groups is 1. The molecule has 0 radical (unpaired) electrons. The second kappa shape index (κ2) is 15.7.